The number of likely N-dealkylation sites (N-methyl/N-ethyl adjacent to an activating group) is 1. The van der Waals surface area contributed by atoms with Crippen LogP contribution in [0.25, 0.3) is 0 Å². The molecule has 2 amide bonds. The molecule has 0 aliphatic heterocycles. The van der Waals surface area contributed by atoms with E-state index in [9.17, 15) is 18.0 Å². The van der Waals surface area contributed by atoms with E-state index >= 15 is 0 Å². The molecule has 31 heavy (non-hydrogen) atoms. The molecule has 0 radical (unpaired) electrons. The number of carbonyl (C=O) groups excluding carboxylic acids is 2. The van der Waals surface area contributed by atoms with E-state index in [1.807, 2.05) is 0 Å². The van der Waals surface area contributed by atoms with Gasteiger partial charge in [-0.15, -0.1) is 0 Å². The Kier molecular flexibility index (Phi) is 8.47. The third-order valence-corrected chi connectivity index (χ3v) is 6.49. The molecule has 9 heteroatoms. The van der Waals surface area contributed by atoms with Gasteiger partial charge in [-0.1, -0.05) is 54.9 Å². The lowest BCUT2D eigenvalue weighted by molar-refractivity contribution is -0.140. The van der Waals surface area contributed by atoms with Crippen LogP contribution >= 0.6 is 11.6 Å². The number of benzene rings is 2. The zero-order chi connectivity index (χ0) is 23.2. The van der Waals surface area contributed by atoms with Crippen LogP contribution in [0.2, 0.25) is 5.02 Å². The summed E-state index contributed by atoms with van der Waals surface area (Å²) in [6.45, 7) is 3.22. The molecular formula is C22H28ClN3O4S. The number of amides is 2. The van der Waals surface area contributed by atoms with Gasteiger partial charge >= 0.3 is 0 Å². The third kappa shape index (κ3) is 6.21. The van der Waals surface area contributed by atoms with Crippen LogP contribution in [0, 0.1) is 6.92 Å². The van der Waals surface area contributed by atoms with Crippen molar-refractivity contribution in [2.45, 2.75) is 32.9 Å². The van der Waals surface area contributed by atoms with Crippen molar-refractivity contribution in [3.05, 3.63) is 64.7 Å². The number of hydrogen-bond donors (Lipinski definition) is 1. The first-order valence-electron chi connectivity index (χ1n) is 9.88. The van der Waals surface area contributed by atoms with Crippen molar-refractivity contribution < 1.29 is 18.0 Å². The van der Waals surface area contributed by atoms with Crippen molar-refractivity contribution in [3.63, 3.8) is 0 Å². The predicted octanol–water partition coefficient (Wildman–Crippen LogP) is 2.97. The van der Waals surface area contributed by atoms with Gasteiger partial charge in [-0.05, 0) is 36.6 Å². The maximum atomic E-state index is 13.4. The summed E-state index contributed by atoms with van der Waals surface area (Å²) in [5.41, 5.74) is 1.81. The number of hydrogen-bond acceptors (Lipinski definition) is 4. The standard InChI is InChI=1S/C22H28ClN3O4S/c1-5-19(22(28)24-3)25(14-17-11-7-8-12-18(17)23)21(27)15-26(31(4,29)30)20-13-9-6-10-16(20)2/h6-13,19H,5,14-15H2,1-4H3,(H,24,28). The van der Waals surface area contributed by atoms with Crippen molar-refractivity contribution in [3.8, 4) is 0 Å². The van der Waals surface area contributed by atoms with E-state index in [0.717, 1.165) is 16.1 Å². The molecule has 0 bridgehead atoms. The average molecular weight is 466 g/mol. The summed E-state index contributed by atoms with van der Waals surface area (Å²) in [6.07, 6.45) is 1.42. The summed E-state index contributed by atoms with van der Waals surface area (Å²) in [4.78, 5) is 27.3. The second-order valence-electron chi connectivity index (χ2n) is 7.21. The summed E-state index contributed by atoms with van der Waals surface area (Å²) in [5.74, 6) is -0.825. The normalized spacial score (nSPS) is 12.2. The van der Waals surface area contributed by atoms with Gasteiger partial charge in [0.15, 0.2) is 0 Å². The molecule has 0 spiro atoms. The van der Waals surface area contributed by atoms with E-state index < -0.39 is 28.5 Å². The first-order valence-corrected chi connectivity index (χ1v) is 12.1. The molecule has 1 atom stereocenters. The van der Waals surface area contributed by atoms with E-state index in [0.29, 0.717) is 22.7 Å². The van der Waals surface area contributed by atoms with E-state index in [1.54, 1.807) is 62.4 Å². The maximum absolute atomic E-state index is 13.4. The number of anilines is 1. The Morgan fingerprint density at radius 2 is 1.71 bits per heavy atom. The molecule has 2 aromatic rings. The SMILES string of the molecule is CCC(C(=O)NC)N(Cc1ccccc1Cl)C(=O)CN(c1ccccc1C)S(C)(=O)=O. The number of nitrogens with one attached hydrogen (secondary N) is 1. The number of aryl methyl sites for hydroxylation is 1. The van der Waals surface area contributed by atoms with Gasteiger partial charge in [-0.3, -0.25) is 13.9 Å². The number of carbonyl (C=O) groups is 2. The summed E-state index contributed by atoms with van der Waals surface area (Å²) in [5, 5.41) is 3.04. The topological polar surface area (TPSA) is 86.8 Å². The van der Waals surface area contributed by atoms with Gasteiger partial charge in [-0.25, -0.2) is 8.42 Å². The smallest absolute Gasteiger partial charge is 0.244 e. The van der Waals surface area contributed by atoms with Crippen LogP contribution in [0.4, 0.5) is 5.69 Å². The van der Waals surface area contributed by atoms with E-state index in [1.165, 1.54) is 11.9 Å². The molecule has 0 aromatic heterocycles. The Morgan fingerprint density at radius 1 is 1.10 bits per heavy atom. The lowest BCUT2D eigenvalue weighted by Crippen LogP contribution is -2.51. The number of nitrogens with zero attached hydrogens (tertiary/aromatic N) is 2. The molecule has 0 aliphatic rings. The molecule has 2 rings (SSSR count). The molecule has 2 aromatic carbocycles. The van der Waals surface area contributed by atoms with Crippen molar-refractivity contribution in [1.29, 1.82) is 0 Å². The number of sulfonamides is 1. The molecule has 0 fully saturated rings. The van der Waals surface area contributed by atoms with Gasteiger partial charge in [0, 0.05) is 18.6 Å². The minimum absolute atomic E-state index is 0.0792. The maximum Gasteiger partial charge on any atom is 0.244 e. The van der Waals surface area contributed by atoms with Crippen LogP contribution in [-0.4, -0.2) is 51.0 Å². The first kappa shape index (κ1) is 24.7. The largest absolute Gasteiger partial charge is 0.357 e. The van der Waals surface area contributed by atoms with Crippen LogP contribution in [0.1, 0.15) is 24.5 Å². The van der Waals surface area contributed by atoms with Gasteiger partial charge in [0.2, 0.25) is 21.8 Å². The van der Waals surface area contributed by atoms with Crippen LogP contribution < -0.4 is 9.62 Å². The van der Waals surface area contributed by atoms with E-state index in [4.69, 9.17) is 11.6 Å². The van der Waals surface area contributed by atoms with Gasteiger partial charge in [0.25, 0.3) is 0 Å². The summed E-state index contributed by atoms with van der Waals surface area (Å²) in [7, 11) is -2.25. The number of rotatable bonds is 9. The van der Waals surface area contributed by atoms with Gasteiger partial charge in [0.1, 0.15) is 12.6 Å². The highest BCUT2D eigenvalue weighted by Crippen LogP contribution is 2.24. The molecule has 0 heterocycles. The average Bonchev–Trinajstić information content (AvgIpc) is 2.72. The summed E-state index contributed by atoms with van der Waals surface area (Å²) in [6, 6.07) is 13.2. The molecule has 1 N–H and O–H groups in total. The van der Waals surface area contributed by atoms with Crippen molar-refractivity contribution >= 4 is 39.1 Å². The second-order valence-corrected chi connectivity index (χ2v) is 9.52. The molecule has 168 valence electrons. The van der Waals surface area contributed by atoms with E-state index in [2.05, 4.69) is 5.32 Å². The zero-order valence-corrected chi connectivity index (χ0v) is 19.7. The second kappa shape index (κ2) is 10.6. The molecule has 0 saturated carbocycles. The van der Waals surface area contributed by atoms with Crippen LogP contribution in [-0.2, 0) is 26.2 Å². The molecule has 0 aliphatic carbocycles. The fourth-order valence-corrected chi connectivity index (χ4v) is 4.44. The van der Waals surface area contributed by atoms with Crippen LogP contribution in [0.5, 0.6) is 0 Å². The van der Waals surface area contributed by atoms with E-state index in [-0.39, 0.29) is 12.5 Å². The van der Waals surface area contributed by atoms with Gasteiger partial charge < -0.3 is 10.2 Å². The summed E-state index contributed by atoms with van der Waals surface area (Å²) >= 11 is 6.28. The van der Waals surface area contributed by atoms with Crippen LogP contribution in [0.3, 0.4) is 0 Å². The Bertz CT molecular complexity index is 1040. The lowest BCUT2D eigenvalue weighted by Gasteiger charge is -2.33. The van der Waals surface area contributed by atoms with Gasteiger partial charge in [0.05, 0.1) is 11.9 Å². The predicted molar refractivity (Wildman–Crippen MR) is 124 cm³/mol. The Hall–Kier alpha value is -2.58. The number of para-hydroxylation sites is 1. The van der Waals surface area contributed by atoms with Crippen molar-refractivity contribution in [2.75, 3.05) is 24.2 Å². The molecular weight excluding hydrogens is 438 g/mol. The Labute approximate surface area is 189 Å². The minimum Gasteiger partial charge on any atom is -0.357 e. The highest BCUT2D eigenvalue weighted by atomic mass is 35.5. The molecule has 0 saturated heterocycles. The highest BCUT2D eigenvalue weighted by Gasteiger charge is 2.31. The fourth-order valence-electron chi connectivity index (χ4n) is 3.33. The Morgan fingerprint density at radius 3 is 2.26 bits per heavy atom. The lowest BCUT2D eigenvalue weighted by atomic mass is 10.1. The van der Waals surface area contributed by atoms with Crippen molar-refractivity contribution in [1.82, 2.24) is 10.2 Å². The minimum atomic E-state index is -3.75. The highest BCUT2D eigenvalue weighted by molar-refractivity contribution is 7.92. The summed E-state index contributed by atoms with van der Waals surface area (Å²) < 4.78 is 26.1. The first-order chi connectivity index (χ1) is 14.6. The monoisotopic (exact) mass is 465 g/mol. The third-order valence-electron chi connectivity index (χ3n) is 4.99. The fraction of sp³-hybridized carbons (Fsp3) is 0.364. The number of halogens is 1. The molecule has 7 nitrogen and oxygen atoms in total. The quantitative estimate of drug-likeness (QED) is 0.616. The zero-order valence-electron chi connectivity index (χ0n) is 18.1. The molecule has 1 unspecified atom stereocenters. The Balaban J connectivity index is 2.46. The van der Waals surface area contributed by atoms with Crippen molar-refractivity contribution in [2.24, 2.45) is 0 Å². The van der Waals surface area contributed by atoms with Crippen LogP contribution in [0.15, 0.2) is 48.5 Å². The van der Waals surface area contributed by atoms with Gasteiger partial charge in [-0.2, -0.15) is 0 Å².